The summed E-state index contributed by atoms with van der Waals surface area (Å²) < 4.78 is 2.91. The number of hydrogen-bond acceptors (Lipinski definition) is 2. The van der Waals surface area contributed by atoms with Crippen LogP contribution in [0.5, 0.6) is 5.88 Å². The van der Waals surface area contributed by atoms with Gasteiger partial charge in [-0.3, -0.25) is 0 Å². The van der Waals surface area contributed by atoms with Crippen molar-refractivity contribution in [3.05, 3.63) is 40.3 Å². The summed E-state index contributed by atoms with van der Waals surface area (Å²) in [5, 5.41) is 11.3. The molecule has 72 valence electrons. The van der Waals surface area contributed by atoms with Crippen LogP contribution in [0.25, 0.3) is 5.65 Å². The van der Waals surface area contributed by atoms with Gasteiger partial charge in [-0.2, -0.15) is 4.40 Å². The van der Waals surface area contributed by atoms with Gasteiger partial charge >= 0.3 is 5.56 Å². The van der Waals surface area contributed by atoms with E-state index >= 15 is 0 Å². The van der Waals surface area contributed by atoms with Crippen molar-refractivity contribution >= 4 is 5.65 Å². The molecule has 0 aliphatic rings. The van der Waals surface area contributed by atoms with Crippen LogP contribution in [0.4, 0.5) is 0 Å². The van der Waals surface area contributed by atoms with Gasteiger partial charge in [0.1, 0.15) is 6.20 Å². The Kier molecular flexibility index (Phi) is 1.77. The Labute approximate surface area is 80.7 Å². The van der Waals surface area contributed by atoms with E-state index in [0.717, 1.165) is 11.6 Å². The highest BCUT2D eigenvalue weighted by Gasteiger charge is 2.07. The summed E-state index contributed by atoms with van der Waals surface area (Å²) in [6.07, 6.45) is 1.72. The number of rotatable bonds is 0. The third-order valence-corrected chi connectivity index (χ3v) is 2.23. The lowest BCUT2D eigenvalue weighted by molar-refractivity contribution is -0.694. The molecular weight excluding hydrogens is 180 g/mol. The second kappa shape index (κ2) is 2.83. The Morgan fingerprint density at radius 3 is 2.86 bits per heavy atom. The zero-order chi connectivity index (χ0) is 10.3. The van der Waals surface area contributed by atoms with Crippen LogP contribution in [0.1, 0.15) is 5.56 Å². The minimum Gasteiger partial charge on any atom is -0.842 e. The van der Waals surface area contributed by atoms with Gasteiger partial charge in [0.15, 0.2) is 0 Å². The first kappa shape index (κ1) is 8.74. The van der Waals surface area contributed by atoms with Crippen molar-refractivity contribution in [3.8, 4) is 5.88 Å². The van der Waals surface area contributed by atoms with Gasteiger partial charge in [-0.15, -0.1) is 0 Å². The Morgan fingerprint density at radius 1 is 1.43 bits per heavy atom. The molecule has 2 rings (SSSR count). The largest absolute Gasteiger partial charge is 0.842 e. The maximum absolute atomic E-state index is 11.5. The van der Waals surface area contributed by atoms with Crippen molar-refractivity contribution in [2.24, 2.45) is 7.05 Å². The topological polar surface area (TPSA) is 48.4 Å². The van der Waals surface area contributed by atoms with E-state index in [1.807, 2.05) is 13.0 Å². The number of fused-ring (bicyclic) bond motifs is 1. The molecule has 0 aliphatic carbocycles. The zero-order valence-electron chi connectivity index (χ0n) is 8.02. The van der Waals surface area contributed by atoms with Crippen LogP contribution in [0.2, 0.25) is 0 Å². The SMILES string of the molecule is Cc1ccc2n(c1)c(=O)cc([O-])[n+]2C. The molecule has 0 aliphatic heterocycles. The standard InChI is InChI=1S/C10H10N2O2/c1-7-3-4-8-11(2)9(13)5-10(14)12(8)6-7/h3-6H,1-2H3. The summed E-state index contributed by atoms with van der Waals surface area (Å²) in [4.78, 5) is 11.5. The highest BCUT2D eigenvalue weighted by molar-refractivity contribution is 5.34. The summed E-state index contributed by atoms with van der Waals surface area (Å²) in [7, 11) is 1.65. The maximum Gasteiger partial charge on any atom is 0.341 e. The fourth-order valence-corrected chi connectivity index (χ4v) is 1.43. The molecule has 4 nitrogen and oxygen atoms in total. The lowest BCUT2D eigenvalue weighted by Gasteiger charge is -2.07. The van der Waals surface area contributed by atoms with Crippen molar-refractivity contribution in [1.82, 2.24) is 4.40 Å². The van der Waals surface area contributed by atoms with Gasteiger partial charge in [0.25, 0.3) is 5.65 Å². The van der Waals surface area contributed by atoms with Gasteiger partial charge in [-0.1, -0.05) is 0 Å². The summed E-state index contributed by atoms with van der Waals surface area (Å²) >= 11 is 0. The zero-order valence-corrected chi connectivity index (χ0v) is 8.02. The van der Waals surface area contributed by atoms with Crippen LogP contribution >= 0.6 is 0 Å². The normalized spacial score (nSPS) is 10.7. The minimum atomic E-state index is -0.285. The van der Waals surface area contributed by atoms with Crippen LogP contribution in [0.15, 0.2) is 29.2 Å². The van der Waals surface area contributed by atoms with E-state index in [0.29, 0.717) is 5.65 Å². The number of aromatic nitrogens is 2. The fraction of sp³-hybridized carbons (Fsp3) is 0.200. The molecule has 0 spiro atoms. The molecule has 2 aromatic heterocycles. The first-order valence-corrected chi connectivity index (χ1v) is 4.28. The van der Waals surface area contributed by atoms with Crippen molar-refractivity contribution < 1.29 is 9.67 Å². The smallest absolute Gasteiger partial charge is 0.341 e. The van der Waals surface area contributed by atoms with Crippen LogP contribution in [0, 0.1) is 6.92 Å². The van der Waals surface area contributed by atoms with E-state index in [1.165, 1.54) is 8.97 Å². The van der Waals surface area contributed by atoms with Gasteiger partial charge in [-0.25, -0.2) is 9.36 Å². The number of pyridine rings is 1. The maximum atomic E-state index is 11.5. The molecule has 2 aromatic rings. The van der Waals surface area contributed by atoms with Gasteiger partial charge in [-0.05, 0) is 18.6 Å². The highest BCUT2D eigenvalue weighted by Crippen LogP contribution is 2.00. The molecular formula is C10H10N2O2. The van der Waals surface area contributed by atoms with E-state index in [-0.39, 0.29) is 11.4 Å². The Bertz CT molecular complexity index is 558. The summed E-state index contributed by atoms with van der Waals surface area (Å²) in [5.74, 6) is -0.279. The molecule has 0 amide bonds. The van der Waals surface area contributed by atoms with Crippen LogP contribution in [-0.2, 0) is 7.05 Å². The first-order chi connectivity index (χ1) is 6.59. The fourth-order valence-electron chi connectivity index (χ4n) is 1.43. The van der Waals surface area contributed by atoms with Gasteiger partial charge in [0.05, 0.1) is 19.0 Å². The third-order valence-electron chi connectivity index (χ3n) is 2.23. The molecule has 0 saturated heterocycles. The van der Waals surface area contributed by atoms with Gasteiger partial charge < -0.3 is 5.11 Å². The Hall–Kier alpha value is -1.84. The van der Waals surface area contributed by atoms with E-state index in [2.05, 4.69) is 0 Å². The molecule has 0 unspecified atom stereocenters. The van der Waals surface area contributed by atoms with Gasteiger partial charge in [0.2, 0.25) is 0 Å². The lowest BCUT2D eigenvalue weighted by atomic mass is 10.3. The quantitative estimate of drug-likeness (QED) is 0.526. The van der Waals surface area contributed by atoms with Crippen molar-refractivity contribution in [3.63, 3.8) is 0 Å². The average molecular weight is 190 g/mol. The summed E-state index contributed by atoms with van der Waals surface area (Å²) in [5.41, 5.74) is 1.30. The Balaban J connectivity index is 3.02. The first-order valence-electron chi connectivity index (χ1n) is 4.28. The molecule has 0 N–H and O–H groups in total. The second-order valence-corrected chi connectivity index (χ2v) is 3.31. The van der Waals surface area contributed by atoms with Gasteiger partial charge in [0, 0.05) is 6.07 Å². The highest BCUT2D eigenvalue weighted by atomic mass is 16.3. The molecule has 4 heteroatoms. The van der Waals surface area contributed by atoms with E-state index in [1.54, 1.807) is 19.3 Å². The molecule has 0 fully saturated rings. The lowest BCUT2D eigenvalue weighted by Crippen LogP contribution is -2.39. The molecule has 0 saturated carbocycles. The predicted octanol–water partition coefficient (Wildman–Crippen LogP) is -0.494. The molecule has 0 bridgehead atoms. The number of hydrogen-bond donors (Lipinski definition) is 0. The number of aryl methyl sites for hydroxylation is 2. The summed E-state index contributed by atoms with van der Waals surface area (Å²) in [6.45, 7) is 1.90. The average Bonchev–Trinajstić information content (AvgIpc) is 2.14. The molecule has 0 aromatic carbocycles. The van der Waals surface area contributed by atoms with Crippen LogP contribution in [-0.4, -0.2) is 4.40 Å². The van der Waals surface area contributed by atoms with E-state index < -0.39 is 0 Å². The van der Waals surface area contributed by atoms with E-state index in [9.17, 15) is 9.90 Å². The third kappa shape index (κ3) is 1.16. The van der Waals surface area contributed by atoms with Crippen molar-refractivity contribution in [1.29, 1.82) is 0 Å². The van der Waals surface area contributed by atoms with Crippen molar-refractivity contribution in [2.45, 2.75) is 6.92 Å². The van der Waals surface area contributed by atoms with Crippen LogP contribution in [0.3, 0.4) is 0 Å². The molecule has 2 heterocycles. The number of nitrogens with zero attached hydrogens (tertiary/aromatic N) is 2. The molecule has 14 heavy (non-hydrogen) atoms. The van der Waals surface area contributed by atoms with Crippen LogP contribution < -0.4 is 15.2 Å². The van der Waals surface area contributed by atoms with Crippen molar-refractivity contribution in [2.75, 3.05) is 0 Å². The molecule has 0 radical (unpaired) electrons. The summed E-state index contributed by atoms with van der Waals surface area (Å²) in [6, 6.07) is 4.72. The Morgan fingerprint density at radius 2 is 2.14 bits per heavy atom. The molecule has 0 atom stereocenters. The minimum absolute atomic E-state index is 0.279. The van der Waals surface area contributed by atoms with E-state index in [4.69, 9.17) is 0 Å². The monoisotopic (exact) mass is 190 g/mol. The second-order valence-electron chi connectivity index (χ2n) is 3.31. The predicted molar refractivity (Wildman–Crippen MR) is 49.0 cm³/mol.